The van der Waals surface area contributed by atoms with Gasteiger partial charge < -0.3 is 18.5 Å². The summed E-state index contributed by atoms with van der Waals surface area (Å²) in [7, 11) is -3.50. The fourth-order valence-electron chi connectivity index (χ4n) is 4.59. The first kappa shape index (κ1) is 28.9. The van der Waals surface area contributed by atoms with E-state index in [1.54, 1.807) is 0 Å². The van der Waals surface area contributed by atoms with Gasteiger partial charge in [0.2, 0.25) is 12.0 Å². The number of phosphoric ester groups is 1. The second-order valence-electron chi connectivity index (χ2n) is 10.1. The highest BCUT2D eigenvalue weighted by Crippen LogP contribution is 2.63. The van der Waals surface area contributed by atoms with E-state index < -0.39 is 14.1 Å². The molecule has 2 atom stereocenters. The predicted octanol–water partition coefficient (Wildman–Crippen LogP) is 9.59. The van der Waals surface area contributed by atoms with Crippen molar-refractivity contribution in [3.8, 4) is 5.75 Å². The SMILES string of the molecule is CCCCCCCCCCCCc1ccc(OC(CCCCCCC)OC2=C3COP(=O)(O3)O2)cc1. The van der Waals surface area contributed by atoms with Gasteiger partial charge in [0.05, 0.1) is 0 Å². The van der Waals surface area contributed by atoms with Crippen molar-refractivity contribution in [2.24, 2.45) is 0 Å². The highest BCUT2D eigenvalue weighted by Gasteiger charge is 2.49. The number of unbranched alkanes of at least 4 members (excludes halogenated alkanes) is 13. The summed E-state index contributed by atoms with van der Waals surface area (Å²) in [6, 6.07) is 8.32. The van der Waals surface area contributed by atoms with Crippen LogP contribution in [0.4, 0.5) is 0 Å². The Morgan fingerprint density at radius 3 is 1.89 bits per heavy atom. The van der Waals surface area contributed by atoms with Crippen LogP contribution < -0.4 is 4.74 Å². The first-order valence-corrected chi connectivity index (χ1v) is 15.9. The maximum Gasteiger partial charge on any atom is 0.590 e. The molecule has 36 heavy (non-hydrogen) atoms. The van der Waals surface area contributed by atoms with Crippen molar-refractivity contribution < 1.29 is 27.6 Å². The minimum absolute atomic E-state index is 0.115. The molecule has 0 N–H and O–H groups in total. The number of hydrogen-bond acceptors (Lipinski definition) is 6. The van der Waals surface area contributed by atoms with Crippen molar-refractivity contribution in [2.75, 3.05) is 6.61 Å². The number of fused-ring (bicyclic) bond motifs is 2. The first-order chi connectivity index (χ1) is 17.6. The Labute approximate surface area is 218 Å². The van der Waals surface area contributed by atoms with E-state index in [9.17, 15) is 4.57 Å². The lowest BCUT2D eigenvalue weighted by Gasteiger charge is -2.21. The molecule has 2 aliphatic rings. The molecular formula is C29H47O6P. The van der Waals surface area contributed by atoms with Crippen molar-refractivity contribution in [3.63, 3.8) is 0 Å². The van der Waals surface area contributed by atoms with Gasteiger partial charge in [0.25, 0.3) is 0 Å². The van der Waals surface area contributed by atoms with Gasteiger partial charge in [-0.25, -0.2) is 4.57 Å². The van der Waals surface area contributed by atoms with Gasteiger partial charge in [-0.15, -0.1) is 0 Å². The zero-order chi connectivity index (χ0) is 25.5. The molecule has 0 amide bonds. The lowest BCUT2D eigenvalue weighted by Crippen LogP contribution is -2.21. The Morgan fingerprint density at radius 2 is 1.33 bits per heavy atom. The molecule has 3 rings (SSSR count). The van der Waals surface area contributed by atoms with Crippen molar-refractivity contribution in [3.05, 3.63) is 41.5 Å². The van der Waals surface area contributed by atoms with Gasteiger partial charge in [-0.1, -0.05) is 109 Å². The van der Waals surface area contributed by atoms with E-state index in [1.165, 1.54) is 89.0 Å². The fraction of sp³-hybridized carbons (Fsp3) is 0.724. The molecule has 0 spiro atoms. The van der Waals surface area contributed by atoms with Gasteiger partial charge >= 0.3 is 13.8 Å². The van der Waals surface area contributed by atoms with Crippen LogP contribution >= 0.6 is 7.82 Å². The molecule has 2 unspecified atom stereocenters. The van der Waals surface area contributed by atoms with Crippen molar-refractivity contribution in [1.29, 1.82) is 0 Å². The van der Waals surface area contributed by atoms with Crippen molar-refractivity contribution >= 4 is 7.82 Å². The summed E-state index contributed by atoms with van der Waals surface area (Å²) in [6.07, 6.45) is 20.6. The molecular weight excluding hydrogens is 475 g/mol. The van der Waals surface area contributed by atoms with E-state index in [0.717, 1.165) is 31.4 Å². The van der Waals surface area contributed by atoms with Crippen LogP contribution in [0.1, 0.15) is 122 Å². The molecule has 6 nitrogen and oxygen atoms in total. The van der Waals surface area contributed by atoms with E-state index in [0.29, 0.717) is 5.76 Å². The third kappa shape index (κ3) is 10.4. The summed E-state index contributed by atoms with van der Waals surface area (Å²) >= 11 is 0. The van der Waals surface area contributed by atoms with Crippen LogP contribution in [0.25, 0.3) is 0 Å². The number of rotatable bonds is 21. The van der Waals surface area contributed by atoms with Gasteiger partial charge in [-0.2, -0.15) is 0 Å². The van der Waals surface area contributed by atoms with Crippen LogP contribution in [0.15, 0.2) is 36.0 Å². The van der Waals surface area contributed by atoms with Gasteiger partial charge in [0.15, 0.2) is 0 Å². The topological polar surface area (TPSA) is 63.2 Å². The molecule has 0 aliphatic carbocycles. The fourth-order valence-corrected chi connectivity index (χ4v) is 5.75. The average Bonchev–Trinajstić information content (AvgIpc) is 3.41. The molecule has 0 saturated carbocycles. The quantitative estimate of drug-likeness (QED) is 0.0910. The molecule has 2 aliphatic heterocycles. The number of aryl methyl sites for hydroxylation is 1. The highest BCUT2D eigenvalue weighted by atomic mass is 31.2. The monoisotopic (exact) mass is 522 g/mol. The molecule has 1 aromatic carbocycles. The average molecular weight is 523 g/mol. The van der Waals surface area contributed by atoms with Gasteiger partial charge in [-0.05, 0) is 37.0 Å². The Morgan fingerprint density at radius 1 is 0.750 bits per heavy atom. The van der Waals surface area contributed by atoms with E-state index in [-0.39, 0.29) is 12.6 Å². The largest absolute Gasteiger partial charge is 0.590 e. The van der Waals surface area contributed by atoms with Gasteiger partial charge in [0, 0.05) is 6.42 Å². The number of ether oxygens (including phenoxy) is 2. The zero-order valence-electron chi connectivity index (χ0n) is 22.5. The maximum atomic E-state index is 12.1. The lowest BCUT2D eigenvalue weighted by atomic mass is 10.0. The van der Waals surface area contributed by atoms with Gasteiger partial charge in [0.1, 0.15) is 12.4 Å². The van der Waals surface area contributed by atoms with Crippen LogP contribution in [0.3, 0.4) is 0 Å². The normalized spacial score (nSPS) is 19.3. The summed E-state index contributed by atoms with van der Waals surface area (Å²) in [6.45, 7) is 4.59. The van der Waals surface area contributed by atoms with Crippen LogP contribution in [-0.4, -0.2) is 12.9 Å². The van der Waals surface area contributed by atoms with Crippen molar-refractivity contribution in [1.82, 2.24) is 0 Å². The summed E-state index contributed by atoms with van der Waals surface area (Å²) in [5, 5.41) is 0. The Kier molecular flexibility index (Phi) is 13.0. The molecule has 0 radical (unpaired) electrons. The molecule has 2 heterocycles. The number of hydrogen-bond donors (Lipinski definition) is 0. The van der Waals surface area contributed by atoms with Crippen LogP contribution in [0, 0.1) is 0 Å². The summed E-state index contributed by atoms with van der Waals surface area (Å²) in [5.41, 5.74) is 1.34. The number of phosphoric acid groups is 1. The maximum absolute atomic E-state index is 12.1. The summed E-state index contributed by atoms with van der Waals surface area (Å²) < 4.78 is 39.7. The molecule has 1 saturated heterocycles. The molecule has 0 aromatic heterocycles. The molecule has 2 bridgehead atoms. The Bertz CT molecular complexity index is 822. The second-order valence-corrected chi connectivity index (χ2v) is 11.6. The third-order valence-electron chi connectivity index (χ3n) is 6.79. The highest BCUT2D eigenvalue weighted by molar-refractivity contribution is 7.49. The second kappa shape index (κ2) is 16.2. The molecule has 7 heteroatoms. The zero-order valence-corrected chi connectivity index (χ0v) is 23.4. The van der Waals surface area contributed by atoms with E-state index in [2.05, 4.69) is 26.0 Å². The summed E-state index contributed by atoms with van der Waals surface area (Å²) in [5.74, 6) is 1.25. The third-order valence-corrected chi connectivity index (χ3v) is 8.07. The van der Waals surface area contributed by atoms with Gasteiger partial charge in [-0.3, -0.25) is 4.52 Å². The molecule has 1 aromatic rings. The lowest BCUT2D eigenvalue weighted by molar-refractivity contribution is -0.0860. The minimum atomic E-state index is -3.50. The van der Waals surface area contributed by atoms with E-state index in [4.69, 9.17) is 23.0 Å². The smallest absolute Gasteiger partial charge is 0.455 e. The Hall–Kier alpha value is -1.65. The van der Waals surface area contributed by atoms with Crippen LogP contribution in [0.2, 0.25) is 0 Å². The minimum Gasteiger partial charge on any atom is -0.455 e. The molecule has 204 valence electrons. The number of benzene rings is 1. The van der Waals surface area contributed by atoms with Crippen LogP contribution in [0.5, 0.6) is 5.75 Å². The molecule has 1 fully saturated rings. The predicted molar refractivity (Wildman–Crippen MR) is 144 cm³/mol. The van der Waals surface area contributed by atoms with Crippen molar-refractivity contribution in [2.45, 2.75) is 129 Å². The Balaban J connectivity index is 1.38. The summed E-state index contributed by atoms with van der Waals surface area (Å²) in [4.78, 5) is 0. The van der Waals surface area contributed by atoms with E-state index >= 15 is 0 Å². The standard InChI is InChI=1S/C29H47O6P/c1-3-5-7-9-10-11-12-13-15-16-18-25-20-22-26(23-21-25)32-28(19-17-14-8-6-4-2)33-29-27-24-31-36(30,34-27)35-29/h20-23,28H,3-19,24H2,1-2H3. The van der Waals surface area contributed by atoms with Crippen LogP contribution in [-0.2, 0) is 29.3 Å². The van der Waals surface area contributed by atoms with E-state index in [1.807, 2.05) is 12.1 Å². The first-order valence-electron chi connectivity index (χ1n) is 14.4.